The fraction of sp³-hybridized carbons (Fsp3) is 0.438. The molecule has 0 aliphatic carbocycles. The van der Waals surface area contributed by atoms with Gasteiger partial charge in [0.05, 0.1) is 0 Å². The molecule has 1 aromatic rings. The molecule has 0 spiro atoms. The molecule has 0 aliphatic rings. The maximum absolute atomic E-state index is 9.67. The van der Waals surface area contributed by atoms with Crippen LogP contribution in [0.3, 0.4) is 0 Å². The summed E-state index contributed by atoms with van der Waals surface area (Å²) < 4.78 is 6.99. The molecule has 1 aromatic heterocycles. The van der Waals surface area contributed by atoms with Gasteiger partial charge in [-0.3, -0.25) is 0 Å². The number of pyridine rings is 1. The van der Waals surface area contributed by atoms with E-state index in [-0.39, 0.29) is 6.61 Å². The number of aliphatic hydroxyl groups is 1. The fourth-order valence-electron chi connectivity index (χ4n) is 1.75. The quantitative estimate of drug-likeness (QED) is 0.336. The van der Waals surface area contributed by atoms with Crippen molar-refractivity contribution < 1.29 is 9.84 Å². The Morgan fingerprint density at radius 1 is 1.50 bits per heavy atom. The van der Waals surface area contributed by atoms with E-state index in [0.29, 0.717) is 6.61 Å². The summed E-state index contributed by atoms with van der Waals surface area (Å²) in [6.45, 7) is 8.15. The van der Waals surface area contributed by atoms with Gasteiger partial charge in [-0.2, -0.15) is 0 Å². The molecule has 112 valence electrons. The summed E-state index contributed by atoms with van der Waals surface area (Å²) in [6, 6.07) is 3.99. The van der Waals surface area contributed by atoms with Gasteiger partial charge in [0.2, 0.25) is 0 Å². The first-order valence-electron chi connectivity index (χ1n) is 6.45. The van der Waals surface area contributed by atoms with E-state index in [9.17, 15) is 5.11 Å². The van der Waals surface area contributed by atoms with Crippen molar-refractivity contribution in [1.82, 2.24) is 4.98 Å². The first kappa shape index (κ1) is 17.2. The van der Waals surface area contributed by atoms with E-state index in [4.69, 9.17) is 4.74 Å². The standard InChI is InChI=1S/C16H24INO2/c1-6-9-16(11-19,13(2)3)12-20-14-7-8-15(17(4)5)18-10-14/h6-10,19H,2,11-12H2,1,3-5H3/b9-6+. The number of halogens is 1. The van der Waals surface area contributed by atoms with E-state index in [1.165, 1.54) is 3.70 Å². The van der Waals surface area contributed by atoms with E-state index in [1.54, 1.807) is 6.20 Å². The van der Waals surface area contributed by atoms with E-state index < -0.39 is 25.2 Å². The fourth-order valence-corrected chi connectivity index (χ4v) is 3.34. The maximum atomic E-state index is 9.67. The second kappa shape index (κ2) is 7.78. The van der Waals surface area contributed by atoms with Crippen molar-refractivity contribution in [2.24, 2.45) is 5.41 Å². The van der Waals surface area contributed by atoms with Crippen LogP contribution in [0.25, 0.3) is 0 Å². The molecular formula is C16H24INO2. The number of rotatable bonds is 7. The monoisotopic (exact) mass is 389 g/mol. The number of aliphatic hydroxyl groups excluding tert-OH is 1. The van der Waals surface area contributed by atoms with Crippen LogP contribution in [0.1, 0.15) is 13.8 Å². The van der Waals surface area contributed by atoms with Crippen molar-refractivity contribution in [3.63, 3.8) is 0 Å². The molecule has 4 heteroatoms. The second-order valence-corrected chi connectivity index (χ2v) is 10.4. The molecule has 0 fully saturated rings. The third-order valence-corrected chi connectivity index (χ3v) is 6.05. The number of allylic oxidation sites excluding steroid dienone is 1. The summed E-state index contributed by atoms with van der Waals surface area (Å²) >= 11 is -1.03. The molecule has 1 rings (SSSR count). The zero-order valence-electron chi connectivity index (χ0n) is 12.7. The zero-order valence-corrected chi connectivity index (χ0v) is 14.8. The Labute approximate surface area is 129 Å². The van der Waals surface area contributed by atoms with Crippen LogP contribution in [0.2, 0.25) is 0 Å². The molecule has 1 N–H and O–H groups in total. The summed E-state index contributed by atoms with van der Waals surface area (Å²) in [4.78, 5) is 8.96. The Kier molecular flexibility index (Phi) is 6.68. The van der Waals surface area contributed by atoms with Gasteiger partial charge in [-0.05, 0) is 0 Å². The van der Waals surface area contributed by atoms with Crippen molar-refractivity contribution in [1.29, 1.82) is 0 Å². The van der Waals surface area contributed by atoms with Crippen LogP contribution in [-0.2, 0) is 0 Å². The third kappa shape index (κ3) is 4.31. The van der Waals surface area contributed by atoms with Gasteiger partial charge in [-0.25, -0.2) is 0 Å². The number of aromatic nitrogens is 1. The van der Waals surface area contributed by atoms with Gasteiger partial charge in [0.1, 0.15) is 0 Å². The Hall–Kier alpha value is -0.880. The Morgan fingerprint density at radius 2 is 2.20 bits per heavy atom. The van der Waals surface area contributed by atoms with E-state index >= 15 is 0 Å². The summed E-state index contributed by atoms with van der Waals surface area (Å²) in [7, 11) is 0. The number of hydrogen-bond donors (Lipinski definition) is 1. The van der Waals surface area contributed by atoms with Gasteiger partial charge in [0.25, 0.3) is 0 Å². The molecule has 0 aliphatic heterocycles. The summed E-state index contributed by atoms with van der Waals surface area (Å²) in [6.07, 6.45) is 5.63. The zero-order chi connectivity index (χ0) is 15.2. The summed E-state index contributed by atoms with van der Waals surface area (Å²) in [5.41, 5.74) is 0.361. The van der Waals surface area contributed by atoms with Gasteiger partial charge in [-0.15, -0.1) is 0 Å². The van der Waals surface area contributed by atoms with Crippen molar-refractivity contribution in [2.45, 2.75) is 13.8 Å². The van der Waals surface area contributed by atoms with Crippen LogP contribution in [0.4, 0.5) is 0 Å². The van der Waals surface area contributed by atoms with Gasteiger partial charge in [0.15, 0.2) is 0 Å². The molecule has 3 nitrogen and oxygen atoms in total. The van der Waals surface area contributed by atoms with Crippen LogP contribution in [0.15, 0.2) is 42.6 Å². The molecule has 0 bridgehead atoms. The van der Waals surface area contributed by atoms with Crippen molar-refractivity contribution in [3.05, 3.63) is 46.3 Å². The molecule has 0 saturated carbocycles. The van der Waals surface area contributed by atoms with E-state index in [2.05, 4.69) is 21.4 Å². The minimum atomic E-state index is -1.03. The van der Waals surface area contributed by atoms with Crippen LogP contribution in [0, 0.1) is 9.12 Å². The molecule has 1 atom stereocenters. The molecule has 0 amide bonds. The van der Waals surface area contributed by atoms with Crippen LogP contribution in [0.5, 0.6) is 5.75 Å². The third-order valence-electron chi connectivity index (χ3n) is 3.20. The average Bonchev–Trinajstić information content (AvgIpc) is 2.43. The average molecular weight is 389 g/mol. The molecular weight excluding hydrogens is 365 g/mol. The van der Waals surface area contributed by atoms with Crippen molar-refractivity contribution >= 4 is 19.8 Å². The summed E-state index contributed by atoms with van der Waals surface area (Å²) in [5, 5.41) is 9.67. The molecule has 1 unspecified atom stereocenters. The van der Waals surface area contributed by atoms with Crippen LogP contribution < -0.4 is 4.74 Å². The molecule has 20 heavy (non-hydrogen) atoms. The minimum absolute atomic E-state index is 0.0159. The first-order valence-corrected chi connectivity index (χ1v) is 11.8. The van der Waals surface area contributed by atoms with Gasteiger partial charge in [0, 0.05) is 0 Å². The Bertz CT molecular complexity index is 468. The van der Waals surface area contributed by atoms with Gasteiger partial charge >= 0.3 is 129 Å². The number of ether oxygens (including phenoxy) is 1. The summed E-state index contributed by atoms with van der Waals surface area (Å²) in [5.74, 6) is 0.732. The number of alkyl halides is 2. The van der Waals surface area contributed by atoms with Gasteiger partial charge in [-0.1, -0.05) is 0 Å². The predicted molar refractivity (Wildman–Crippen MR) is 93.4 cm³/mol. The molecule has 0 radical (unpaired) electrons. The Morgan fingerprint density at radius 3 is 2.60 bits per heavy atom. The number of hydrogen-bond acceptors (Lipinski definition) is 3. The first-order chi connectivity index (χ1) is 9.45. The predicted octanol–water partition coefficient (Wildman–Crippen LogP) is 3.53. The normalized spacial score (nSPS) is 14.9. The van der Waals surface area contributed by atoms with Crippen molar-refractivity contribution in [2.75, 3.05) is 23.1 Å². The van der Waals surface area contributed by atoms with Gasteiger partial charge < -0.3 is 0 Å². The van der Waals surface area contributed by atoms with E-state index in [1.807, 2.05) is 38.1 Å². The molecule has 0 saturated heterocycles. The SMILES string of the molecule is C=C(C)C(/C=C/C)(CO)COc1ccc(I(C)C)nc1. The van der Waals surface area contributed by atoms with Crippen LogP contribution in [-0.4, -0.2) is 33.2 Å². The number of nitrogens with zero attached hydrogens (tertiary/aromatic N) is 1. The van der Waals surface area contributed by atoms with E-state index in [0.717, 1.165) is 11.3 Å². The second-order valence-electron chi connectivity index (χ2n) is 4.96. The molecule has 0 aromatic carbocycles. The molecule has 1 heterocycles. The Balaban J connectivity index is 2.80. The van der Waals surface area contributed by atoms with Crippen LogP contribution >= 0.6 is 19.8 Å². The van der Waals surface area contributed by atoms with Crippen molar-refractivity contribution in [3.8, 4) is 5.75 Å². The topological polar surface area (TPSA) is 42.4 Å².